The zero-order valence-electron chi connectivity index (χ0n) is 16.8. The quantitative estimate of drug-likeness (QED) is 0.735. The maximum Gasteiger partial charge on any atom is 0.259 e. The van der Waals surface area contributed by atoms with E-state index in [-0.39, 0.29) is 29.6 Å². The molecule has 9 heteroatoms. The third-order valence-corrected chi connectivity index (χ3v) is 7.40. The molecule has 1 aromatic carbocycles. The average Bonchev–Trinajstić information content (AvgIpc) is 3.17. The average molecular weight is 423 g/mol. The van der Waals surface area contributed by atoms with Gasteiger partial charge in [-0.15, -0.1) is 0 Å². The number of hydrogen-bond acceptors (Lipinski definition) is 4. The first-order valence-corrected chi connectivity index (χ1v) is 11.5. The molecule has 0 bridgehead atoms. The molecule has 3 rings (SSSR count). The Morgan fingerprint density at radius 3 is 2.55 bits per heavy atom. The summed E-state index contributed by atoms with van der Waals surface area (Å²) in [4.78, 5) is 12.7. The smallest absolute Gasteiger partial charge is 0.259 e. The Labute approximate surface area is 171 Å². The summed E-state index contributed by atoms with van der Waals surface area (Å²) in [6, 6.07) is 5.17. The number of hydrogen-bond donors (Lipinski definition) is 1. The first kappa shape index (κ1) is 21.4. The normalized spacial score (nSPS) is 15.6. The highest BCUT2D eigenvalue weighted by atomic mass is 32.2. The molecule has 0 radical (unpaired) electrons. The highest BCUT2D eigenvalue weighted by molar-refractivity contribution is 7.89. The predicted octanol–water partition coefficient (Wildman–Crippen LogP) is 3.81. The first-order chi connectivity index (χ1) is 13.9. The van der Waals surface area contributed by atoms with Gasteiger partial charge in [0.15, 0.2) is 0 Å². The van der Waals surface area contributed by atoms with Gasteiger partial charge in [0, 0.05) is 19.2 Å². The van der Waals surface area contributed by atoms with Crippen molar-refractivity contribution in [3.05, 3.63) is 41.8 Å². The number of anilines is 1. The molecule has 158 valence electrons. The minimum absolute atomic E-state index is 0.103. The lowest BCUT2D eigenvalue weighted by molar-refractivity contribution is 0.102. The van der Waals surface area contributed by atoms with Crippen LogP contribution in [0, 0.1) is 5.82 Å². The van der Waals surface area contributed by atoms with Crippen molar-refractivity contribution >= 4 is 21.7 Å². The number of aromatic nitrogens is 2. The fraction of sp³-hybridized carbons (Fsp3) is 0.500. The number of carbonyl (C=O) groups is 1. The molecule has 7 nitrogen and oxygen atoms in total. The van der Waals surface area contributed by atoms with Crippen LogP contribution in [0.5, 0.6) is 0 Å². The molecule has 1 saturated carbocycles. The molecule has 0 saturated heterocycles. The van der Waals surface area contributed by atoms with Crippen molar-refractivity contribution in [3.63, 3.8) is 0 Å². The van der Waals surface area contributed by atoms with Gasteiger partial charge >= 0.3 is 0 Å². The van der Waals surface area contributed by atoms with Crippen molar-refractivity contribution in [3.8, 4) is 0 Å². The van der Waals surface area contributed by atoms with Crippen LogP contribution in [0.25, 0.3) is 0 Å². The molecule has 1 aliphatic carbocycles. The van der Waals surface area contributed by atoms with Crippen molar-refractivity contribution in [1.29, 1.82) is 0 Å². The second-order valence-electron chi connectivity index (χ2n) is 7.14. The Morgan fingerprint density at radius 2 is 1.90 bits per heavy atom. The molecule has 1 N–H and O–H groups in total. The Morgan fingerprint density at radius 1 is 1.21 bits per heavy atom. The minimum Gasteiger partial charge on any atom is -0.307 e. The summed E-state index contributed by atoms with van der Waals surface area (Å²) in [5, 5.41) is 7.01. The maximum absolute atomic E-state index is 14.4. The summed E-state index contributed by atoms with van der Waals surface area (Å²) >= 11 is 0. The molecule has 29 heavy (non-hydrogen) atoms. The monoisotopic (exact) mass is 422 g/mol. The van der Waals surface area contributed by atoms with Crippen molar-refractivity contribution < 1.29 is 17.6 Å². The minimum atomic E-state index is -3.79. The number of carbonyl (C=O) groups excluding carboxylic acids is 1. The Bertz CT molecular complexity index is 964. The second kappa shape index (κ2) is 9.04. The fourth-order valence-electron chi connectivity index (χ4n) is 3.76. The van der Waals surface area contributed by atoms with E-state index in [1.807, 2.05) is 0 Å². The molecule has 0 aliphatic heterocycles. The summed E-state index contributed by atoms with van der Waals surface area (Å²) in [7, 11) is -3.79. The van der Waals surface area contributed by atoms with E-state index in [1.54, 1.807) is 30.8 Å². The van der Waals surface area contributed by atoms with Gasteiger partial charge in [0.25, 0.3) is 5.91 Å². The summed E-state index contributed by atoms with van der Waals surface area (Å²) in [6.45, 7) is 4.03. The van der Waals surface area contributed by atoms with E-state index in [2.05, 4.69) is 10.4 Å². The van der Waals surface area contributed by atoms with E-state index in [0.29, 0.717) is 5.82 Å². The van der Waals surface area contributed by atoms with Crippen molar-refractivity contribution in [2.24, 2.45) is 0 Å². The van der Waals surface area contributed by atoms with Crippen LogP contribution in [0.2, 0.25) is 0 Å². The molecule has 0 atom stereocenters. The van der Waals surface area contributed by atoms with E-state index < -0.39 is 21.7 Å². The van der Waals surface area contributed by atoms with Gasteiger partial charge in [0.2, 0.25) is 10.0 Å². The van der Waals surface area contributed by atoms with E-state index in [4.69, 9.17) is 0 Å². The van der Waals surface area contributed by atoms with Gasteiger partial charge in [-0.05, 0) is 31.0 Å². The molecular weight excluding hydrogens is 395 g/mol. The van der Waals surface area contributed by atoms with Gasteiger partial charge in [-0.25, -0.2) is 17.5 Å². The molecule has 1 aromatic heterocycles. The van der Waals surface area contributed by atoms with Crippen LogP contribution < -0.4 is 5.32 Å². The van der Waals surface area contributed by atoms with Crippen LogP contribution >= 0.6 is 0 Å². The molecular formula is C20H27FN4O3S. The van der Waals surface area contributed by atoms with Crippen molar-refractivity contribution in [1.82, 2.24) is 14.1 Å². The zero-order valence-corrected chi connectivity index (χ0v) is 17.6. The van der Waals surface area contributed by atoms with Crippen LogP contribution in [0.3, 0.4) is 0 Å². The van der Waals surface area contributed by atoms with Gasteiger partial charge < -0.3 is 5.32 Å². The SMILES string of the molecule is CCN(CC)S(=O)(=O)c1ccc(F)c(C(=O)Nc2ccnn2C2CCCCC2)c1. The van der Waals surface area contributed by atoms with Crippen LogP contribution in [0.1, 0.15) is 62.4 Å². The first-order valence-electron chi connectivity index (χ1n) is 10.0. The standard InChI is InChI=1S/C20H27FN4O3S/c1-3-24(4-2)29(27,28)16-10-11-18(21)17(14-16)20(26)23-19-12-13-22-25(19)15-8-6-5-7-9-15/h10-15H,3-9H2,1-2H3,(H,23,26). The molecule has 1 amide bonds. The number of amides is 1. The Kier molecular flexibility index (Phi) is 6.69. The summed E-state index contributed by atoms with van der Waals surface area (Å²) in [6.07, 6.45) is 6.98. The third-order valence-electron chi connectivity index (χ3n) is 5.36. The van der Waals surface area contributed by atoms with Crippen molar-refractivity contribution in [2.75, 3.05) is 18.4 Å². The Hall–Kier alpha value is -2.26. The zero-order chi connectivity index (χ0) is 21.0. The summed E-state index contributed by atoms with van der Waals surface area (Å²) in [5.74, 6) is -0.986. The number of sulfonamides is 1. The summed E-state index contributed by atoms with van der Waals surface area (Å²) < 4.78 is 42.8. The summed E-state index contributed by atoms with van der Waals surface area (Å²) in [5.41, 5.74) is -0.311. The lowest BCUT2D eigenvalue weighted by Gasteiger charge is -2.24. The number of benzene rings is 1. The third kappa shape index (κ3) is 4.51. The second-order valence-corrected chi connectivity index (χ2v) is 9.08. The van der Waals surface area contributed by atoms with Gasteiger partial charge in [-0.1, -0.05) is 33.1 Å². The Balaban J connectivity index is 1.86. The van der Waals surface area contributed by atoms with E-state index in [9.17, 15) is 17.6 Å². The van der Waals surface area contributed by atoms with Gasteiger partial charge in [0.1, 0.15) is 11.6 Å². The lowest BCUT2D eigenvalue weighted by atomic mass is 9.96. The van der Waals surface area contributed by atoms with E-state index in [0.717, 1.165) is 37.8 Å². The van der Waals surface area contributed by atoms with Crippen LogP contribution in [-0.2, 0) is 10.0 Å². The molecule has 1 fully saturated rings. The largest absolute Gasteiger partial charge is 0.307 e. The predicted molar refractivity (Wildman–Crippen MR) is 109 cm³/mol. The molecule has 1 aliphatic rings. The van der Waals surface area contributed by atoms with Gasteiger partial charge in [0.05, 0.1) is 22.7 Å². The molecule has 0 spiro atoms. The molecule has 2 aromatic rings. The number of halogens is 1. The van der Waals surface area contributed by atoms with Gasteiger partial charge in [-0.3, -0.25) is 4.79 Å². The number of nitrogens with one attached hydrogen (secondary N) is 1. The lowest BCUT2D eigenvalue weighted by Crippen LogP contribution is -2.31. The number of rotatable bonds is 7. The molecule has 0 unspecified atom stereocenters. The highest BCUT2D eigenvalue weighted by Gasteiger charge is 2.25. The fourth-order valence-corrected chi connectivity index (χ4v) is 5.25. The van der Waals surface area contributed by atoms with E-state index in [1.165, 1.54) is 16.8 Å². The van der Waals surface area contributed by atoms with Crippen LogP contribution in [0.15, 0.2) is 35.4 Å². The van der Waals surface area contributed by atoms with Gasteiger partial charge in [-0.2, -0.15) is 9.40 Å². The maximum atomic E-state index is 14.4. The van der Waals surface area contributed by atoms with Crippen LogP contribution in [0.4, 0.5) is 10.2 Å². The highest BCUT2D eigenvalue weighted by Crippen LogP contribution is 2.30. The van der Waals surface area contributed by atoms with E-state index >= 15 is 0 Å². The topological polar surface area (TPSA) is 84.3 Å². The number of nitrogens with zero attached hydrogens (tertiary/aromatic N) is 3. The molecule has 1 heterocycles. The van der Waals surface area contributed by atoms with Crippen molar-refractivity contribution in [2.45, 2.75) is 56.9 Å². The van der Waals surface area contributed by atoms with Crippen LogP contribution in [-0.4, -0.2) is 41.5 Å².